The Balaban J connectivity index is 1.78. The van der Waals surface area contributed by atoms with Crippen LogP contribution in [0.25, 0.3) is 0 Å². The first kappa shape index (κ1) is 15.3. The highest BCUT2D eigenvalue weighted by Crippen LogP contribution is 2.28. The molecule has 0 bridgehead atoms. The Kier molecular flexibility index (Phi) is 4.84. The minimum atomic E-state index is -0.0957. The van der Waals surface area contributed by atoms with Crippen LogP contribution >= 0.6 is 15.9 Å². The number of morpholine rings is 1. The molecule has 0 aromatic heterocycles. The summed E-state index contributed by atoms with van der Waals surface area (Å²) in [4.78, 5) is 2.34. The molecule has 2 atom stereocenters. The maximum absolute atomic E-state index is 9.40. The van der Waals surface area contributed by atoms with Crippen LogP contribution in [0.15, 0.2) is 22.7 Å². The minimum Gasteiger partial charge on any atom is -0.394 e. The summed E-state index contributed by atoms with van der Waals surface area (Å²) in [5.41, 5.74) is 2.56. The third kappa shape index (κ3) is 3.97. The van der Waals surface area contributed by atoms with Gasteiger partial charge >= 0.3 is 0 Å². The van der Waals surface area contributed by atoms with Gasteiger partial charge in [-0.15, -0.1) is 0 Å². The maximum Gasteiger partial charge on any atom is 0.0984 e. The van der Waals surface area contributed by atoms with Crippen LogP contribution in [-0.2, 0) is 11.3 Å². The zero-order valence-electron chi connectivity index (χ0n) is 12.4. The fourth-order valence-corrected chi connectivity index (χ4v) is 3.30. The highest BCUT2D eigenvalue weighted by molar-refractivity contribution is 9.10. The van der Waals surface area contributed by atoms with E-state index in [1.807, 2.05) is 0 Å². The topological polar surface area (TPSA) is 44.7 Å². The van der Waals surface area contributed by atoms with Gasteiger partial charge in [-0.05, 0) is 43.5 Å². The predicted molar refractivity (Wildman–Crippen MR) is 87.6 cm³/mol. The van der Waals surface area contributed by atoms with E-state index in [2.05, 4.69) is 51.3 Å². The van der Waals surface area contributed by atoms with Gasteiger partial charge in [0.1, 0.15) is 0 Å². The largest absolute Gasteiger partial charge is 0.394 e. The van der Waals surface area contributed by atoms with Gasteiger partial charge in [0.25, 0.3) is 0 Å². The molecule has 5 heteroatoms. The summed E-state index contributed by atoms with van der Waals surface area (Å²) in [7, 11) is 0. The Bertz CT molecular complexity index is 493. The lowest BCUT2D eigenvalue weighted by atomic mass is 10.1. The molecule has 21 heavy (non-hydrogen) atoms. The van der Waals surface area contributed by atoms with Gasteiger partial charge in [-0.3, -0.25) is 0 Å². The molecule has 1 aliphatic carbocycles. The molecule has 0 radical (unpaired) electrons. The van der Waals surface area contributed by atoms with Crippen molar-refractivity contribution in [3.8, 4) is 0 Å². The Morgan fingerprint density at radius 3 is 2.90 bits per heavy atom. The maximum atomic E-state index is 9.40. The van der Waals surface area contributed by atoms with Gasteiger partial charge < -0.3 is 20.1 Å². The zero-order valence-corrected chi connectivity index (χ0v) is 14.0. The summed E-state index contributed by atoms with van der Waals surface area (Å²) < 4.78 is 6.85. The van der Waals surface area contributed by atoms with Crippen molar-refractivity contribution in [1.29, 1.82) is 0 Å². The molecule has 1 heterocycles. The van der Waals surface area contributed by atoms with Crippen molar-refractivity contribution in [2.45, 2.75) is 44.6 Å². The molecule has 3 rings (SSSR count). The SMILES string of the molecule is CC1CN(c2ccc(Br)cc2CNC2CC2)CC(CO)O1. The molecule has 2 fully saturated rings. The third-order valence-corrected chi connectivity index (χ3v) is 4.56. The quantitative estimate of drug-likeness (QED) is 0.851. The highest BCUT2D eigenvalue weighted by Gasteiger charge is 2.27. The average Bonchev–Trinajstić information content (AvgIpc) is 3.28. The average molecular weight is 355 g/mol. The molecule has 116 valence electrons. The van der Waals surface area contributed by atoms with Crippen LogP contribution in [0.2, 0.25) is 0 Å². The third-order valence-electron chi connectivity index (χ3n) is 4.07. The van der Waals surface area contributed by atoms with Crippen molar-refractivity contribution >= 4 is 21.6 Å². The monoisotopic (exact) mass is 354 g/mol. The fourth-order valence-electron chi connectivity index (χ4n) is 2.89. The fraction of sp³-hybridized carbons (Fsp3) is 0.625. The Morgan fingerprint density at radius 2 is 2.19 bits per heavy atom. The number of nitrogens with zero attached hydrogens (tertiary/aromatic N) is 1. The van der Waals surface area contributed by atoms with Crippen LogP contribution in [-0.4, -0.2) is 43.1 Å². The van der Waals surface area contributed by atoms with Crippen molar-refractivity contribution < 1.29 is 9.84 Å². The Labute approximate surface area is 134 Å². The van der Waals surface area contributed by atoms with Crippen LogP contribution in [0.1, 0.15) is 25.3 Å². The summed E-state index contributed by atoms with van der Waals surface area (Å²) in [5.74, 6) is 0. The lowest BCUT2D eigenvalue weighted by molar-refractivity contribution is -0.0421. The van der Waals surface area contributed by atoms with Crippen molar-refractivity contribution in [2.24, 2.45) is 0 Å². The molecule has 2 N–H and O–H groups in total. The number of rotatable bonds is 5. The molecule has 0 spiro atoms. The predicted octanol–water partition coefficient (Wildman–Crippen LogP) is 2.29. The van der Waals surface area contributed by atoms with Gasteiger partial charge in [0.15, 0.2) is 0 Å². The van der Waals surface area contributed by atoms with E-state index in [0.29, 0.717) is 6.04 Å². The van der Waals surface area contributed by atoms with Crippen molar-refractivity contribution in [1.82, 2.24) is 5.32 Å². The lowest BCUT2D eigenvalue weighted by Crippen LogP contribution is -2.48. The first-order chi connectivity index (χ1) is 10.2. The number of ether oxygens (including phenoxy) is 1. The molecule has 1 aromatic rings. The van der Waals surface area contributed by atoms with Gasteiger partial charge in [-0.25, -0.2) is 0 Å². The number of hydrogen-bond donors (Lipinski definition) is 2. The molecule has 0 amide bonds. The number of benzene rings is 1. The van der Waals surface area contributed by atoms with Crippen molar-refractivity contribution in [3.63, 3.8) is 0 Å². The molecule has 2 aliphatic rings. The number of aliphatic hydroxyl groups excluding tert-OH is 1. The van der Waals surface area contributed by atoms with Gasteiger partial charge in [0.2, 0.25) is 0 Å². The van der Waals surface area contributed by atoms with E-state index in [0.717, 1.165) is 24.1 Å². The van der Waals surface area contributed by atoms with Crippen molar-refractivity contribution in [2.75, 3.05) is 24.6 Å². The van der Waals surface area contributed by atoms with Crippen LogP contribution in [0.5, 0.6) is 0 Å². The summed E-state index contributed by atoms with van der Waals surface area (Å²) >= 11 is 3.57. The molecule has 1 saturated heterocycles. The van der Waals surface area contributed by atoms with Crippen LogP contribution in [0.3, 0.4) is 0 Å². The van der Waals surface area contributed by atoms with Crippen LogP contribution < -0.4 is 10.2 Å². The second-order valence-electron chi connectivity index (χ2n) is 6.08. The van der Waals surface area contributed by atoms with Gasteiger partial charge in [-0.1, -0.05) is 15.9 Å². The normalized spacial score (nSPS) is 26.1. The molecule has 1 saturated carbocycles. The second-order valence-corrected chi connectivity index (χ2v) is 7.00. The summed E-state index contributed by atoms with van der Waals surface area (Å²) in [6, 6.07) is 7.15. The number of halogens is 1. The Hall–Kier alpha value is -0.620. The van der Waals surface area contributed by atoms with E-state index in [1.54, 1.807) is 0 Å². The summed E-state index contributed by atoms with van der Waals surface area (Å²) in [6.07, 6.45) is 2.64. The Morgan fingerprint density at radius 1 is 1.38 bits per heavy atom. The number of nitrogens with one attached hydrogen (secondary N) is 1. The molecule has 2 unspecified atom stereocenters. The second kappa shape index (κ2) is 6.65. The standard InChI is InChI=1S/C16H23BrN2O2/c1-11-8-19(9-15(10-20)21-11)16-5-2-13(17)6-12(16)7-18-14-3-4-14/h2,5-6,11,14-15,18,20H,3-4,7-10H2,1H3. The summed E-state index contributed by atoms with van der Waals surface area (Å²) in [5, 5.41) is 13.0. The van der Waals surface area contributed by atoms with E-state index in [9.17, 15) is 5.11 Å². The van der Waals surface area contributed by atoms with Gasteiger partial charge in [-0.2, -0.15) is 0 Å². The van der Waals surface area contributed by atoms with Crippen molar-refractivity contribution in [3.05, 3.63) is 28.2 Å². The van der Waals surface area contributed by atoms with Crippen LogP contribution in [0, 0.1) is 0 Å². The number of aliphatic hydroxyl groups is 1. The van der Waals surface area contributed by atoms with Crippen LogP contribution in [0.4, 0.5) is 5.69 Å². The first-order valence-electron chi connectivity index (χ1n) is 7.69. The smallest absolute Gasteiger partial charge is 0.0984 e. The summed E-state index contributed by atoms with van der Waals surface area (Å²) in [6.45, 7) is 4.66. The molecule has 4 nitrogen and oxygen atoms in total. The molecular weight excluding hydrogens is 332 g/mol. The van der Waals surface area contributed by atoms with E-state index in [1.165, 1.54) is 24.1 Å². The van der Waals surface area contributed by atoms with E-state index >= 15 is 0 Å². The van der Waals surface area contributed by atoms with E-state index < -0.39 is 0 Å². The van der Waals surface area contributed by atoms with E-state index in [4.69, 9.17) is 4.74 Å². The number of anilines is 1. The van der Waals surface area contributed by atoms with E-state index in [-0.39, 0.29) is 18.8 Å². The van der Waals surface area contributed by atoms with Gasteiger partial charge in [0.05, 0.1) is 18.8 Å². The molecule has 1 aromatic carbocycles. The lowest BCUT2D eigenvalue weighted by Gasteiger charge is -2.38. The molecule has 1 aliphatic heterocycles. The highest BCUT2D eigenvalue weighted by atomic mass is 79.9. The first-order valence-corrected chi connectivity index (χ1v) is 8.48. The number of hydrogen-bond acceptors (Lipinski definition) is 4. The van der Waals surface area contributed by atoms with Gasteiger partial charge in [0, 0.05) is 35.8 Å². The minimum absolute atomic E-state index is 0.0764. The molecular formula is C16H23BrN2O2. The zero-order chi connectivity index (χ0) is 14.8.